The lowest BCUT2D eigenvalue weighted by atomic mass is 9.91. The molecule has 0 aliphatic carbocycles. The molecule has 1 aromatic heterocycles. The van der Waals surface area contributed by atoms with Crippen molar-refractivity contribution < 1.29 is 9.50 Å². The fourth-order valence-electron chi connectivity index (χ4n) is 4.01. The third kappa shape index (κ3) is 5.64. The van der Waals surface area contributed by atoms with Crippen LogP contribution < -0.4 is 10.9 Å². The zero-order valence-electron chi connectivity index (χ0n) is 18.3. The number of piperidine rings is 1. The Morgan fingerprint density at radius 3 is 2.53 bits per heavy atom. The average molecular weight is 504 g/mol. The number of aromatic nitrogens is 2. The Bertz CT molecular complexity index is 1240. The zero-order valence-corrected chi connectivity index (χ0v) is 19.8. The number of nitrogens with one attached hydrogen (secondary N) is 2. The second-order valence-corrected chi connectivity index (χ2v) is 9.30. The third-order valence-corrected chi connectivity index (χ3v) is 6.57. The molecule has 3 aromatic rings. The van der Waals surface area contributed by atoms with E-state index in [0.717, 1.165) is 11.8 Å². The van der Waals surface area contributed by atoms with Crippen LogP contribution in [-0.2, 0) is 13.1 Å². The topological polar surface area (TPSA) is 94.2 Å². The van der Waals surface area contributed by atoms with Crippen LogP contribution in [0, 0.1) is 11.2 Å². The third-order valence-electron chi connectivity index (χ3n) is 5.98. The summed E-state index contributed by atoms with van der Waals surface area (Å²) in [4.78, 5) is 19.4. The first-order valence-electron chi connectivity index (χ1n) is 10.8. The molecule has 0 unspecified atom stereocenters. The summed E-state index contributed by atoms with van der Waals surface area (Å²) in [7, 11) is 0. The van der Waals surface area contributed by atoms with Gasteiger partial charge >= 0.3 is 0 Å². The molecule has 178 valence electrons. The Morgan fingerprint density at radius 2 is 1.88 bits per heavy atom. The number of hydrogen-bond donors (Lipinski definition) is 3. The van der Waals surface area contributed by atoms with Crippen LogP contribution in [0.3, 0.4) is 0 Å². The Labute approximate surface area is 206 Å². The van der Waals surface area contributed by atoms with Crippen molar-refractivity contribution in [2.24, 2.45) is 0 Å². The van der Waals surface area contributed by atoms with E-state index in [1.54, 1.807) is 12.1 Å². The minimum absolute atomic E-state index is 0.0604. The van der Waals surface area contributed by atoms with Crippen molar-refractivity contribution in [1.82, 2.24) is 14.5 Å². The normalized spacial score (nSPS) is 15.8. The van der Waals surface area contributed by atoms with Crippen LogP contribution in [0.1, 0.15) is 24.0 Å². The molecule has 0 bridgehead atoms. The van der Waals surface area contributed by atoms with E-state index in [2.05, 4.69) is 15.2 Å². The van der Waals surface area contributed by atoms with Gasteiger partial charge in [0.1, 0.15) is 17.2 Å². The minimum Gasteiger partial charge on any atom is -0.388 e. The van der Waals surface area contributed by atoms with Crippen molar-refractivity contribution in [3.63, 3.8) is 0 Å². The number of likely N-dealkylation sites (tertiary alicyclic amines) is 1. The molecule has 0 atom stereocenters. The van der Waals surface area contributed by atoms with E-state index in [0.29, 0.717) is 48.2 Å². The molecule has 34 heavy (non-hydrogen) atoms. The van der Waals surface area contributed by atoms with Gasteiger partial charge in [-0.3, -0.25) is 14.3 Å². The highest BCUT2D eigenvalue weighted by Gasteiger charge is 2.33. The molecule has 0 amide bonds. The molecular formula is C24H24Cl2FN5O2. The first-order chi connectivity index (χ1) is 16.3. The van der Waals surface area contributed by atoms with E-state index < -0.39 is 11.2 Å². The quantitative estimate of drug-likeness (QED) is 0.414. The molecule has 10 heteroatoms. The van der Waals surface area contributed by atoms with Gasteiger partial charge in [-0.1, -0.05) is 29.3 Å². The highest BCUT2D eigenvalue weighted by molar-refractivity contribution is 6.35. The van der Waals surface area contributed by atoms with E-state index >= 15 is 0 Å². The van der Waals surface area contributed by atoms with Crippen LogP contribution in [0.5, 0.6) is 0 Å². The first-order valence-corrected chi connectivity index (χ1v) is 11.5. The van der Waals surface area contributed by atoms with Gasteiger partial charge in [-0.15, -0.1) is 0 Å². The number of halogens is 3. The van der Waals surface area contributed by atoms with Gasteiger partial charge in [-0.25, -0.2) is 9.37 Å². The summed E-state index contributed by atoms with van der Waals surface area (Å²) >= 11 is 12.3. The molecule has 7 nitrogen and oxygen atoms in total. The number of benzene rings is 2. The zero-order chi connectivity index (χ0) is 24.3. The summed E-state index contributed by atoms with van der Waals surface area (Å²) < 4.78 is 14.5. The maximum atomic E-state index is 13.1. The molecule has 0 spiro atoms. The molecule has 1 fully saturated rings. The van der Waals surface area contributed by atoms with Crippen molar-refractivity contribution in [3.8, 4) is 0 Å². The van der Waals surface area contributed by atoms with E-state index in [9.17, 15) is 14.3 Å². The predicted octanol–water partition coefficient (Wildman–Crippen LogP) is 4.46. The van der Waals surface area contributed by atoms with Gasteiger partial charge in [0, 0.05) is 41.6 Å². The van der Waals surface area contributed by atoms with Gasteiger partial charge in [0.05, 0.1) is 18.5 Å². The van der Waals surface area contributed by atoms with Crippen LogP contribution >= 0.6 is 23.2 Å². The van der Waals surface area contributed by atoms with Crippen molar-refractivity contribution in [2.75, 3.05) is 18.4 Å². The van der Waals surface area contributed by atoms with Crippen LogP contribution in [0.25, 0.3) is 0 Å². The predicted molar refractivity (Wildman–Crippen MR) is 132 cm³/mol. The maximum absolute atomic E-state index is 13.1. The number of nitrogens with zero attached hydrogens (tertiary/aromatic N) is 3. The molecule has 4 rings (SSSR count). The number of hydrogen-bond acceptors (Lipinski definition) is 6. The summed E-state index contributed by atoms with van der Waals surface area (Å²) in [5.41, 5.74) is 0.0678. The lowest BCUT2D eigenvalue weighted by Crippen LogP contribution is -2.48. The SMILES string of the molecule is N=Cc1c(Nc2ccc(F)cc2)ncn(CC2(O)CCN(Cc3ccc(Cl)cc3Cl)CC2)c1=O. The fraction of sp³-hybridized carbons (Fsp3) is 0.292. The molecule has 2 heterocycles. The lowest BCUT2D eigenvalue weighted by molar-refractivity contribution is -0.0365. The summed E-state index contributed by atoms with van der Waals surface area (Å²) in [6.45, 7) is 2.00. The average Bonchev–Trinajstić information content (AvgIpc) is 2.81. The molecule has 2 aromatic carbocycles. The molecule has 1 saturated heterocycles. The van der Waals surface area contributed by atoms with Crippen molar-refractivity contribution in [1.29, 1.82) is 5.41 Å². The molecule has 0 saturated carbocycles. The van der Waals surface area contributed by atoms with E-state index in [4.69, 9.17) is 28.6 Å². The molecule has 0 radical (unpaired) electrons. The van der Waals surface area contributed by atoms with Gasteiger partial charge < -0.3 is 15.8 Å². The van der Waals surface area contributed by atoms with Crippen LogP contribution in [-0.4, -0.2) is 44.5 Å². The molecule has 1 aliphatic heterocycles. The van der Waals surface area contributed by atoms with Gasteiger partial charge in [0.25, 0.3) is 5.56 Å². The number of anilines is 2. The maximum Gasteiger partial charge on any atom is 0.264 e. The Kier molecular flexibility index (Phi) is 7.33. The minimum atomic E-state index is -1.07. The Morgan fingerprint density at radius 1 is 1.18 bits per heavy atom. The highest BCUT2D eigenvalue weighted by Crippen LogP contribution is 2.28. The van der Waals surface area contributed by atoms with E-state index in [1.165, 1.54) is 35.2 Å². The Hall–Kier alpha value is -2.78. The van der Waals surface area contributed by atoms with E-state index in [-0.39, 0.29) is 23.7 Å². The molecule has 1 aliphatic rings. The first kappa shape index (κ1) is 24.3. The molecule has 3 N–H and O–H groups in total. The number of aliphatic hydroxyl groups is 1. The van der Waals surface area contributed by atoms with Gasteiger partial charge in [-0.05, 0) is 54.8 Å². The summed E-state index contributed by atoms with van der Waals surface area (Å²) in [5, 5.41) is 23.0. The van der Waals surface area contributed by atoms with Gasteiger partial charge in [0.15, 0.2) is 0 Å². The van der Waals surface area contributed by atoms with Gasteiger partial charge in [-0.2, -0.15) is 0 Å². The van der Waals surface area contributed by atoms with Crippen molar-refractivity contribution >= 4 is 40.9 Å². The largest absolute Gasteiger partial charge is 0.388 e. The second kappa shape index (κ2) is 10.2. The smallest absolute Gasteiger partial charge is 0.264 e. The van der Waals surface area contributed by atoms with Gasteiger partial charge in [0.2, 0.25) is 0 Å². The lowest BCUT2D eigenvalue weighted by Gasteiger charge is -2.38. The van der Waals surface area contributed by atoms with Crippen LogP contribution in [0.2, 0.25) is 10.0 Å². The number of rotatable bonds is 7. The summed E-state index contributed by atoms with van der Waals surface area (Å²) in [6.07, 6.45) is 3.24. The van der Waals surface area contributed by atoms with Crippen LogP contribution in [0.4, 0.5) is 15.9 Å². The highest BCUT2D eigenvalue weighted by atomic mass is 35.5. The Balaban J connectivity index is 1.43. The molecular weight excluding hydrogens is 480 g/mol. The van der Waals surface area contributed by atoms with E-state index in [1.807, 2.05) is 6.07 Å². The van der Waals surface area contributed by atoms with Crippen molar-refractivity contribution in [2.45, 2.75) is 31.5 Å². The monoisotopic (exact) mass is 503 g/mol. The van der Waals surface area contributed by atoms with Crippen LogP contribution in [0.15, 0.2) is 53.6 Å². The second-order valence-electron chi connectivity index (χ2n) is 8.45. The summed E-state index contributed by atoms with van der Waals surface area (Å²) in [5.74, 6) is -0.179. The summed E-state index contributed by atoms with van der Waals surface area (Å²) in [6, 6.07) is 11.0. The van der Waals surface area contributed by atoms with Crippen molar-refractivity contribution in [3.05, 3.63) is 86.1 Å². The fourth-order valence-corrected chi connectivity index (χ4v) is 4.48. The standard InChI is InChI=1S/C24H24Cl2FN5O2/c25-17-2-1-16(21(26)11-17)13-31-9-7-24(34,8-10-31)14-32-15-29-22(20(12-28)23(32)33)30-19-5-3-18(27)4-6-19/h1-6,11-12,15,28,30,34H,7-10,13-14H2.